The average Bonchev–Trinajstić information content (AvgIpc) is 2.77. The Kier molecular flexibility index (Phi) is 3.53. The molecule has 0 aliphatic rings. The highest BCUT2D eigenvalue weighted by Crippen LogP contribution is 2.33. The summed E-state index contributed by atoms with van der Waals surface area (Å²) in [7, 11) is 0. The van der Waals surface area contributed by atoms with Gasteiger partial charge in [-0.2, -0.15) is 0 Å². The molecule has 0 aliphatic carbocycles. The van der Waals surface area contributed by atoms with Gasteiger partial charge in [0.15, 0.2) is 0 Å². The minimum Gasteiger partial charge on any atom is -0.461 e. The molecule has 5 nitrogen and oxygen atoms in total. The van der Waals surface area contributed by atoms with E-state index < -0.39 is 0 Å². The van der Waals surface area contributed by atoms with E-state index in [0.717, 1.165) is 33.2 Å². The molecule has 0 atom stereocenters. The van der Waals surface area contributed by atoms with Gasteiger partial charge in [0.2, 0.25) is 0 Å². The Morgan fingerprint density at radius 1 is 1.19 bits per heavy atom. The Hall–Kier alpha value is -2.11. The molecule has 3 aromatic rings. The lowest BCUT2D eigenvalue weighted by atomic mass is 10.1. The van der Waals surface area contributed by atoms with Crippen molar-refractivity contribution in [3.63, 3.8) is 0 Å². The third-order valence-electron chi connectivity index (χ3n) is 3.60. The summed E-state index contributed by atoms with van der Waals surface area (Å²) in [6.07, 6.45) is 0. The third-order valence-corrected chi connectivity index (χ3v) is 3.60. The molecule has 0 fully saturated rings. The second-order valence-electron chi connectivity index (χ2n) is 5.03. The molecule has 21 heavy (non-hydrogen) atoms. The average molecular weight is 287 g/mol. The lowest BCUT2D eigenvalue weighted by Gasteiger charge is -2.04. The van der Waals surface area contributed by atoms with Crippen molar-refractivity contribution in [1.29, 1.82) is 0 Å². The number of fused-ring (bicyclic) bond motifs is 2. The Morgan fingerprint density at radius 3 is 2.76 bits per heavy atom. The molecule has 0 saturated heterocycles. The summed E-state index contributed by atoms with van der Waals surface area (Å²) in [6.45, 7) is 5.25. The Morgan fingerprint density at radius 2 is 2.00 bits per heavy atom. The van der Waals surface area contributed by atoms with E-state index >= 15 is 0 Å². The summed E-state index contributed by atoms with van der Waals surface area (Å²) in [5.74, 6) is 0.808. The molecule has 0 unspecified atom stereocenters. The first-order valence-corrected chi connectivity index (χ1v) is 6.85. The maximum Gasteiger partial charge on any atom is 0.336 e. The third kappa shape index (κ3) is 2.34. The van der Waals surface area contributed by atoms with Crippen LogP contribution in [-0.4, -0.2) is 13.2 Å². The normalized spacial score (nSPS) is 11.6. The number of rotatable bonds is 4. The number of aryl methyl sites for hydroxylation is 2. The Balaban J connectivity index is 2.22. The molecule has 0 bridgehead atoms. The molecule has 110 valence electrons. The lowest BCUT2D eigenvalue weighted by molar-refractivity contribution is 0.128. The van der Waals surface area contributed by atoms with Crippen LogP contribution < -0.4 is 11.4 Å². The molecule has 0 saturated carbocycles. The number of hydrogen-bond donors (Lipinski definition) is 1. The summed E-state index contributed by atoms with van der Waals surface area (Å²) in [4.78, 5) is 11.4. The van der Waals surface area contributed by atoms with Crippen LogP contribution in [0.15, 0.2) is 31.8 Å². The summed E-state index contributed by atoms with van der Waals surface area (Å²) < 4.78 is 16.6. The van der Waals surface area contributed by atoms with E-state index in [4.69, 9.17) is 19.3 Å². The van der Waals surface area contributed by atoms with Gasteiger partial charge in [0.25, 0.3) is 0 Å². The molecule has 0 spiro atoms. The first-order valence-electron chi connectivity index (χ1n) is 6.85. The van der Waals surface area contributed by atoms with Crippen molar-refractivity contribution >= 4 is 21.9 Å². The lowest BCUT2D eigenvalue weighted by Crippen LogP contribution is -2.08. The minimum absolute atomic E-state index is 0.361. The zero-order valence-electron chi connectivity index (χ0n) is 12.1. The number of hydrogen-bond acceptors (Lipinski definition) is 5. The quantitative estimate of drug-likeness (QED) is 0.589. The molecule has 5 heteroatoms. The van der Waals surface area contributed by atoms with Gasteiger partial charge in [-0.3, -0.25) is 0 Å². The molecule has 0 amide bonds. The molecule has 1 aromatic carbocycles. The van der Waals surface area contributed by atoms with Crippen LogP contribution in [0.4, 0.5) is 0 Å². The first-order chi connectivity index (χ1) is 10.1. The molecular weight excluding hydrogens is 270 g/mol. The zero-order chi connectivity index (χ0) is 15.0. The second kappa shape index (κ2) is 5.35. The predicted octanol–water partition coefficient (Wildman–Crippen LogP) is 2.63. The van der Waals surface area contributed by atoms with Crippen LogP contribution in [-0.2, 0) is 11.3 Å². The van der Waals surface area contributed by atoms with E-state index in [1.807, 2.05) is 19.9 Å². The molecule has 0 aliphatic heterocycles. The van der Waals surface area contributed by atoms with Crippen molar-refractivity contribution < 1.29 is 13.6 Å². The van der Waals surface area contributed by atoms with Gasteiger partial charge in [0.05, 0.1) is 13.2 Å². The topological polar surface area (TPSA) is 78.6 Å². The monoisotopic (exact) mass is 287 g/mol. The standard InChI is InChI=1S/C16H17NO4/c1-9-15-11(3-4-14(18)21-15)7-12-13(8-19-6-5-17)10(2)20-16(9)12/h3-4,7H,5-6,8,17H2,1-2H3. The number of ether oxygens (including phenoxy) is 1. The van der Waals surface area contributed by atoms with Gasteiger partial charge >= 0.3 is 5.63 Å². The van der Waals surface area contributed by atoms with Crippen molar-refractivity contribution in [1.82, 2.24) is 0 Å². The molecule has 3 rings (SSSR count). The van der Waals surface area contributed by atoms with E-state index in [2.05, 4.69) is 0 Å². The minimum atomic E-state index is -0.361. The largest absolute Gasteiger partial charge is 0.461 e. The smallest absolute Gasteiger partial charge is 0.336 e. The number of furan rings is 1. The zero-order valence-corrected chi connectivity index (χ0v) is 12.1. The number of benzene rings is 1. The fourth-order valence-corrected chi connectivity index (χ4v) is 2.56. The molecule has 2 heterocycles. The van der Waals surface area contributed by atoms with Crippen LogP contribution >= 0.6 is 0 Å². The van der Waals surface area contributed by atoms with Crippen molar-refractivity contribution in [2.24, 2.45) is 5.73 Å². The maximum atomic E-state index is 11.4. The molecule has 0 radical (unpaired) electrons. The van der Waals surface area contributed by atoms with E-state index in [1.54, 1.807) is 6.07 Å². The summed E-state index contributed by atoms with van der Waals surface area (Å²) in [6, 6.07) is 5.16. The highest BCUT2D eigenvalue weighted by Gasteiger charge is 2.16. The molecular formula is C16H17NO4. The highest BCUT2D eigenvalue weighted by atomic mass is 16.5. The van der Waals surface area contributed by atoms with Crippen molar-refractivity contribution in [2.75, 3.05) is 13.2 Å². The van der Waals surface area contributed by atoms with Crippen LogP contribution in [0.1, 0.15) is 16.9 Å². The summed E-state index contributed by atoms with van der Waals surface area (Å²) >= 11 is 0. The van der Waals surface area contributed by atoms with Gasteiger partial charge in [-0.15, -0.1) is 0 Å². The van der Waals surface area contributed by atoms with E-state index in [1.165, 1.54) is 6.07 Å². The van der Waals surface area contributed by atoms with Crippen LogP contribution in [0.5, 0.6) is 0 Å². The van der Waals surface area contributed by atoms with Crippen molar-refractivity contribution in [3.05, 3.63) is 45.5 Å². The van der Waals surface area contributed by atoms with Crippen LogP contribution in [0.2, 0.25) is 0 Å². The first kappa shape index (κ1) is 13.9. The van der Waals surface area contributed by atoms with Gasteiger partial charge in [-0.05, 0) is 26.0 Å². The Bertz CT molecular complexity index is 860. The Labute approximate surface area is 121 Å². The van der Waals surface area contributed by atoms with Crippen LogP contribution in [0, 0.1) is 13.8 Å². The van der Waals surface area contributed by atoms with E-state index in [0.29, 0.717) is 25.3 Å². The second-order valence-corrected chi connectivity index (χ2v) is 5.03. The van der Waals surface area contributed by atoms with E-state index in [9.17, 15) is 4.79 Å². The van der Waals surface area contributed by atoms with Gasteiger partial charge in [0.1, 0.15) is 16.9 Å². The fourth-order valence-electron chi connectivity index (χ4n) is 2.56. The van der Waals surface area contributed by atoms with Gasteiger partial charge in [0, 0.05) is 34.5 Å². The van der Waals surface area contributed by atoms with Gasteiger partial charge < -0.3 is 19.3 Å². The van der Waals surface area contributed by atoms with Gasteiger partial charge in [-0.25, -0.2) is 4.79 Å². The van der Waals surface area contributed by atoms with E-state index in [-0.39, 0.29) is 5.63 Å². The maximum absolute atomic E-state index is 11.4. The molecule has 2 N–H and O–H groups in total. The van der Waals surface area contributed by atoms with Crippen LogP contribution in [0.3, 0.4) is 0 Å². The predicted molar refractivity (Wildman–Crippen MR) is 80.4 cm³/mol. The number of nitrogens with two attached hydrogens (primary N) is 1. The van der Waals surface area contributed by atoms with Gasteiger partial charge in [-0.1, -0.05) is 0 Å². The summed E-state index contributed by atoms with van der Waals surface area (Å²) in [5, 5.41) is 1.86. The SMILES string of the molecule is Cc1oc2c(C)c3oc(=O)ccc3cc2c1COCCN. The highest BCUT2D eigenvalue weighted by molar-refractivity contribution is 5.98. The summed E-state index contributed by atoms with van der Waals surface area (Å²) in [5.41, 5.74) is 8.22. The van der Waals surface area contributed by atoms with Crippen molar-refractivity contribution in [3.8, 4) is 0 Å². The van der Waals surface area contributed by atoms with Crippen LogP contribution in [0.25, 0.3) is 21.9 Å². The molecule has 2 aromatic heterocycles. The fraction of sp³-hybridized carbons (Fsp3) is 0.312. The van der Waals surface area contributed by atoms with Crippen molar-refractivity contribution in [2.45, 2.75) is 20.5 Å².